The molecule has 1 aromatic heterocycles. The summed E-state index contributed by atoms with van der Waals surface area (Å²) < 4.78 is 25.8. The van der Waals surface area contributed by atoms with E-state index in [-0.39, 0.29) is 5.92 Å². The van der Waals surface area contributed by atoms with Crippen LogP contribution in [0.2, 0.25) is 0 Å². The van der Waals surface area contributed by atoms with Crippen LogP contribution in [0, 0.1) is 0 Å². The Hall–Kier alpha value is -1.53. The summed E-state index contributed by atoms with van der Waals surface area (Å²) in [5.74, 6) is 0.123. The van der Waals surface area contributed by atoms with E-state index in [9.17, 15) is 8.42 Å². The van der Waals surface area contributed by atoms with Crippen LogP contribution in [0.3, 0.4) is 0 Å². The number of azide groups is 1. The number of hydrogen-bond acceptors (Lipinski definition) is 3. The first-order valence-corrected chi connectivity index (χ1v) is 5.23. The molecule has 0 bridgehead atoms. The Morgan fingerprint density at radius 2 is 2.29 bits per heavy atom. The average Bonchev–Trinajstić information content (AvgIpc) is 2.51. The van der Waals surface area contributed by atoms with Crippen molar-refractivity contribution in [2.24, 2.45) is 4.52 Å². The molecule has 0 saturated heterocycles. The number of aromatic nitrogens is 2. The molecule has 0 atom stereocenters. The van der Waals surface area contributed by atoms with Gasteiger partial charge in [-0.05, 0) is 11.4 Å². The van der Waals surface area contributed by atoms with Crippen LogP contribution >= 0.6 is 0 Å². The zero-order valence-electron chi connectivity index (χ0n) is 7.69. The predicted molar refractivity (Wildman–Crippen MR) is 49.8 cm³/mol. The summed E-state index contributed by atoms with van der Waals surface area (Å²) >= 11 is 0. The van der Waals surface area contributed by atoms with Crippen LogP contribution in [0.15, 0.2) is 17.0 Å². The van der Waals surface area contributed by atoms with Crippen LogP contribution in [0.25, 0.3) is 10.4 Å². The molecule has 0 unspecified atom stereocenters. The molecule has 8 heteroatoms. The van der Waals surface area contributed by atoms with Crippen molar-refractivity contribution in [2.45, 2.75) is 19.8 Å². The fourth-order valence-electron chi connectivity index (χ4n) is 0.833. The van der Waals surface area contributed by atoms with E-state index in [0.717, 1.165) is 10.3 Å². The zero-order valence-corrected chi connectivity index (χ0v) is 8.51. The highest BCUT2D eigenvalue weighted by Gasteiger charge is 2.12. The Labute approximate surface area is 81.2 Å². The molecule has 0 aliphatic rings. The van der Waals surface area contributed by atoms with Crippen LogP contribution in [-0.4, -0.2) is 17.4 Å². The minimum absolute atomic E-state index is 0.123. The van der Waals surface area contributed by atoms with Crippen molar-refractivity contribution in [1.82, 2.24) is 8.96 Å². The van der Waals surface area contributed by atoms with E-state index in [1.54, 1.807) is 0 Å². The normalized spacial score (nSPS) is 11.4. The Morgan fingerprint density at radius 1 is 1.64 bits per heavy atom. The molecule has 0 saturated carbocycles. The van der Waals surface area contributed by atoms with Crippen LogP contribution in [0.1, 0.15) is 25.5 Å². The standard InChI is InChI=1S/C6H9N5O2S/c1-5(2)6-3-11(4-8-6)14(12,13)10-9-7/h3-5H,1-2H3. The quantitative estimate of drug-likeness (QED) is 0.432. The second-order valence-electron chi connectivity index (χ2n) is 2.93. The lowest BCUT2D eigenvalue weighted by molar-refractivity contribution is 0.588. The summed E-state index contributed by atoms with van der Waals surface area (Å²) in [5.41, 5.74) is 8.65. The third-order valence-electron chi connectivity index (χ3n) is 1.58. The van der Waals surface area contributed by atoms with Gasteiger partial charge < -0.3 is 0 Å². The first-order valence-electron chi connectivity index (χ1n) is 3.83. The largest absolute Gasteiger partial charge is 0.329 e. The summed E-state index contributed by atoms with van der Waals surface area (Å²) in [7, 11) is -3.96. The Bertz CT molecular complexity index is 468. The maximum Gasteiger partial charge on any atom is 0.329 e. The molecule has 1 heterocycles. The summed E-state index contributed by atoms with van der Waals surface area (Å²) in [6, 6.07) is 0. The van der Waals surface area contributed by atoms with Crippen molar-refractivity contribution in [2.75, 3.05) is 0 Å². The smallest absolute Gasteiger partial charge is 0.240 e. The topological polar surface area (TPSA) is 101 Å². The number of imidazole rings is 1. The second-order valence-corrected chi connectivity index (χ2v) is 4.41. The van der Waals surface area contributed by atoms with E-state index in [2.05, 4.69) is 14.4 Å². The molecular weight excluding hydrogens is 206 g/mol. The van der Waals surface area contributed by atoms with Gasteiger partial charge in [0.05, 0.1) is 10.2 Å². The highest BCUT2D eigenvalue weighted by Crippen LogP contribution is 2.12. The maximum absolute atomic E-state index is 11.2. The lowest BCUT2D eigenvalue weighted by atomic mass is 10.2. The van der Waals surface area contributed by atoms with E-state index in [1.807, 2.05) is 13.8 Å². The second kappa shape index (κ2) is 3.69. The molecule has 7 nitrogen and oxygen atoms in total. The number of nitrogens with zero attached hydrogens (tertiary/aromatic N) is 5. The van der Waals surface area contributed by atoms with Crippen LogP contribution < -0.4 is 0 Å². The lowest BCUT2D eigenvalue weighted by Crippen LogP contribution is -2.05. The number of rotatable bonds is 3. The first-order chi connectivity index (χ1) is 6.47. The fraction of sp³-hybridized carbons (Fsp3) is 0.500. The van der Waals surface area contributed by atoms with Gasteiger partial charge in [-0.2, -0.15) is 8.42 Å². The van der Waals surface area contributed by atoms with Gasteiger partial charge in [0.2, 0.25) is 0 Å². The van der Waals surface area contributed by atoms with E-state index < -0.39 is 10.2 Å². The van der Waals surface area contributed by atoms with Crippen LogP contribution in [0.5, 0.6) is 0 Å². The molecule has 0 amide bonds. The minimum atomic E-state index is -3.96. The molecular formula is C6H9N5O2S. The molecule has 14 heavy (non-hydrogen) atoms. The monoisotopic (exact) mass is 215 g/mol. The third kappa shape index (κ3) is 2.04. The fourth-order valence-corrected chi connectivity index (χ4v) is 1.42. The van der Waals surface area contributed by atoms with Gasteiger partial charge in [-0.3, -0.25) is 0 Å². The zero-order chi connectivity index (χ0) is 10.8. The van der Waals surface area contributed by atoms with Gasteiger partial charge in [0, 0.05) is 11.1 Å². The molecule has 0 radical (unpaired) electrons. The SMILES string of the molecule is CC(C)c1cn(S(=O)(=O)N=[N+]=[N-])cn1. The van der Waals surface area contributed by atoms with E-state index >= 15 is 0 Å². The van der Waals surface area contributed by atoms with E-state index in [0.29, 0.717) is 5.69 Å². The van der Waals surface area contributed by atoms with Crippen molar-refractivity contribution < 1.29 is 8.42 Å². The van der Waals surface area contributed by atoms with Crippen molar-refractivity contribution >= 4 is 10.2 Å². The molecule has 0 N–H and O–H groups in total. The predicted octanol–water partition coefficient (Wildman–Crippen LogP) is 1.41. The van der Waals surface area contributed by atoms with Gasteiger partial charge in [0.15, 0.2) is 0 Å². The summed E-state index contributed by atoms with van der Waals surface area (Å²) in [6.07, 6.45) is 2.44. The van der Waals surface area contributed by atoms with E-state index in [1.165, 1.54) is 6.20 Å². The summed E-state index contributed by atoms with van der Waals surface area (Å²) in [4.78, 5) is 6.09. The molecule has 0 aliphatic heterocycles. The summed E-state index contributed by atoms with van der Waals surface area (Å²) in [6.45, 7) is 3.76. The van der Waals surface area contributed by atoms with Crippen LogP contribution in [-0.2, 0) is 10.2 Å². The molecule has 0 aliphatic carbocycles. The molecule has 1 rings (SSSR count). The molecule has 0 aromatic carbocycles. The molecule has 76 valence electrons. The third-order valence-corrected chi connectivity index (χ3v) is 2.59. The van der Waals surface area contributed by atoms with Gasteiger partial charge in [-0.1, -0.05) is 13.8 Å². The minimum Gasteiger partial charge on any atom is -0.240 e. The van der Waals surface area contributed by atoms with Crippen molar-refractivity contribution in [1.29, 1.82) is 0 Å². The molecule has 0 fully saturated rings. The van der Waals surface area contributed by atoms with Gasteiger partial charge in [-0.25, -0.2) is 8.96 Å². The highest BCUT2D eigenvalue weighted by molar-refractivity contribution is 7.88. The van der Waals surface area contributed by atoms with Crippen molar-refractivity contribution in [3.05, 3.63) is 28.7 Å². The lowest BCUT2D eigenvalue weighted by Gasteiger charge is -1.97. The van der Waals surface area contributed by atoms with Gasteiger partial charge in [0.25, 0.3) is 0 Å². The number of hydrogen-bond donors (Lipinski definition) is 0. The highest BCUT2D eigenvalue weighted by atomic mass is 32.2. The van der Waals surface area contributed by atoms with Gasteiger partial charge in [-0.15, -0.1) is 0 Å². The molecule has 1 aromatic rings. The summed E-state index contributed by atoms with van der Waals surface area (Å²) in [5, 5.41) is 0. The molecule has 0 spiro atoms. The van der Waals surface area contributed by atoms with Gasteiger partial charge >= 0.3 is 10.2 Å². The Kier molecular flexibility index (Phi) is 2.78. The Morgan fingerprint density at radius 3 is 2.71 bits per heavy atom. The van der Waals surface area contributed by atoms with Crippen molar-refractivity contribution in [3.63, 3.8) is 0 Å². The Balaban J connectivity index is 3.16. The first kappa shape index (κ1) is 10.6. The maximum atomic E-state index is 11.2. The van der Waals surface area contributed by atoms with Gasteiger partial charge in [0.1, 0.15) is 6.33 Å². The van der Waals surface area contributed by atoms with Crippen LogP contribution in [0.4, 0.5) is 0 Å². The van der Waals surface area contributed by atoms with Crippen molar-refractivity contribution in [3.8, 4) is 0 Å². The van der Waals surface area contributed by atoms with E-state index in [4.69, 9.17) is 5.53 Å². The average molecular weight is 215 g/mol.